The number of carbonyl (C=O) groups excluding carboxylic acids is 1. The SMILES string of the molecule is Cc1cc(CCNC(=O)N2CCOCC2c2ccc(F)cc2)on1. The Morgan fingerprint density at radius 2 is 2.21 bits per heavy atom. The molecule has 2 heterocycles. The van der Waals surface area contributed by atoms with Crippen LogP contribution >= 0.6 is 0 Å². The predicted octanol–water partition coefficient (Wildman–Crippen LogP) is 2.45. The van der Waals surface area contributed by atoms with E-state index in [-0.39, 0.29) is 17.9 Å². The minimum atomic E-state index is -0.297. The number of nitrogens with one attached hydrogen (secondary N) is 1. The van der Waals surface area contributed by atoms with Gasteiger partial charge >= 0.3 is 6.03 Å². The van der Waals surface area contributed by atoms with E-state index in [1.165, 1.54) is 12.1 Å². The second-order valence-corrected chi connectivity index (χ2v) is 5.75. The summed E-state index contributed by atoms with van der Waals surface area (Å²) in [7, 11) is 0. The largest absolute Gasteiger partial charge is 0.377 e. The number of ether oxygens (including phenoxy) is 1. The van der Waals surface area contributed by atoms with Crippen LogP contribution in [0.3, 0.4) is 0 Å². The Labute approximate surface area is 139 Å². The van der Waals surface area contributed by atoms with E-state index in [2.05, 4.69) is 10.5 Å². The van der Waals surface area contributed by atoms with Crippen molar-refractivity contribution in [1.29, 1.82) is 0 Å². The minimum Gasteiger partial charge on any atom is -0.377 e. The van der Waals surface area contributed by atoms with E-state index in [1.54, 1.807) is 17.0 Å². The van der Waals surface area contributed by atoms with Gasteiger partial charge in [-0.3, -0.25) is 0 Å². The topological polar surface area (TPSA) is 67.6 Å². The first-order chi connectivity index (χ1) is 11.6. The molecule has 1 N–H and O–H groups in total. The van der Waals surface area contributed by atoms with Crippen molar-refractivity contribution in [2.45, 2.75) is 19.4 Å². The van der Waals surface area contributed by atoms with Gasteiger partial charge < -0.3 is 19.5 Å². The highest BCUT2D eigenvalue weighted by Gasteiger charge is 2.28. The standard InChI is InChI=1S/C17H20FN3O3/c1-12-10-15(24-20-12)6-7-19-17(22)21-8-9-23-11-16(21)13-2-4-14(18)5-3-13/h2-5,10,16H,6-9,11H2,1H3,(H,19,22). The molecule has 0 spiro atoms. The zero-order chi connectivity index (χ0) is 16.9. The number of aryl methyl sites for hydroxylation is 1. The maximum Gasteiger partial charge on any atom is 0.318 e. The molecule has 1 aromatic heterocycles. The Morgan fingerprint density at radius 3 is 2.92 bits per heavy atom. The van der Waals surface area contributed by atoms with Gasteiger partial charge in [0.05, 0.1) is 24.9 Å². The number of urea groups is 1. The molecule has 24 heavy (non-hydrogen) atoms. The molecule has 1 saturated heterocycles. The number of hydrogen-bond donors (Lipinski definition) is 1. The number of rotatable bonds is 4. The Morgan fingerprint density at radius 1 is 1.42 bits per heavy atom. The predicted molar refractivity (Wildman–Crippen MR) is 85.0 cm³/mol. The number of hydrogen-bond acceptors (Lipinski definition) is 4. The molecule has 1 aliphatic rings. The van der Waals surface area contributed by atoms with Crippen LogP contribution in [-0.4, -0.2) is 42.4 Å². The van der Waals surface area contributed by atoms with Crippen molar-refractivity contribution in [3.63, 3.8) is 0 Å². The third-order valence-electron chi connectivity index (χ3n) is 3.97. The number of aromatic nitrogens is 1. The molecule has 3 rings (SSSR count). The van der Waals surface area contributed by atoms with Gasteiger partial charge in [0.15, 0.2) is 0 Å². The maximum atomic E-state index is 13.1. The second-order valence-electron chi connectivity index (χ2n) is 5.75. The highest BCUT2D eigenvalue weighted by Crippen LogP contribution is 2.24. The van der Waals surface area contributed by atoms with Crippen LogP contribution in [0.2, 0.25) is 0 Å². The molecule has 0 saturated carbocycles. The number of halogens is 1. The molecule has 1 aromatic carbocycles. The van der Waals surface area contributed by atoms with Gasteiger partial charge in [-0.25, -0.2) is 9.18 Å². The lowest BCUT2D eigenvalue weighted by Gasteiger charge is -2.35. The van der Waals surface area contributed by atoms with Gasteiger partial charge in [0.2, 0.25) is 0 Å². The second kappa shape index (κ2) is 7.44. The zero-order valence-electron chi connectivity index (χ0n) is 13.5. The Hall–Kier alpha value is -2.41. The van der Waals surface area contributed by atoms with E-state index >= 15 is 0 Å². The summed E-state index contributed by atoms with van der Waals surface area (Å²) in [5.74, 6) is 0.443. The molecule has 128 valence electrons. The summed E-state index contributed by atoms with van der Waals surface area (Å²) in [5.41, 5.74) is 1.68. The molecule has 1 unspecified atom stereocenters. The van der Waals surface area contributed by atoms with Crippen molar-refractivity contribution >= 4 is 6.03 Å². The number of amides is 2. The van der Waals surface area contributed by atoms with E-state index in [9.17, 15) is 9.18 Å². The fourth-order valence-corrected chi connectivity index (χ4v) is 2.74. The number of nitrogens with zero attached hydrogens (tertiary/aromatic N) is 2. The molecule has 1 atom stereocenters. The quantitative estimate of drug-likeness (QED) is 0.933. The van der Waals surface area contributed by atoms with Crippen molar-refractivity contribution in [1.82, 2.24) is 15.4 Å². The van der Waals surface area contributed by atoms with Gasteiger partial charge in [-0.1, -0.05) is 17.3 Å². The molecule has 2 aromatic rings. The lowest BCUT2D eigenvalue weighted by molar-refractivity contribution is 0.0117. The van der Waals surface area contributed by atoms with Crippen LogP contribution in [0, 0.1) is 12.7 Å². The van der Waals surface area contributed by atoms with Crippen LogP contribution in [0.25, 0.3) is 0 Å². The average molecular weight is 333 g/mol. The lowest BCUT2D eigenvalue weighted by Crippen LogP contribution is -2.48. The Bertz CT molecular complexity index is 687. The van der Waals surface area contributed by atoms with Crippen molar-refractivity contribution in [2.24, 2.45) is 0 Å². The fourth-order valence-electron chi connectivity index (χ4n) is 2.74. The van der Waals surface area contributed by atoms with E-state index in [4.69, 9.17) is 9.26 Å². The first-order valence-electron chi connectivity index (χ1n) is 7.93. The van der Waals surface area contributed by atoms with Crippen LogP contribution in [0.4, 0.5) is 9.18 Å². The van der Waals surface area contributed by atoms with Crippen molar-refractivity contribution in [2.75, 3.05) is 26.3 Å². The van der Waals surface area contributed by atoms with Gasteiger partial charge in [0.1, 0.15) is 11.6 Å². The first kappa shape index (κ1) is 16.4. The summed E-state index contributed by atoms with van der Waals surface area (Å²) in [6.45, 7) is 3.70. The summed E-state index contributed by atoms with van der Waals surface area (Å²) < 4.78 is 23.7. The third-order valence-corrected chi connectivity index (χ3v) is 3.97. The van der Waals surface area contributed by atoms with Gasteiger partial charge in [-0.15, -0.1) is 0 Å². The molecule has 1 aliphatic heterocycles. The highest BCUT2D eigenvalue weighted by molar-refractivity contribution is 5.75. The summed E-state index contributed by atoms with van der Waals surface area (Å²) >= 11 is 0. The summed E-state index contributed by atoms with van der Waals surface area (Å²) in [6.07, 6.45) is 0.581. The van der Waals surface area contributed by atoms with Gasteiger partial charge in [0.25, 0.3) is 0 Å². The summed E-state index contributed by atoms with van der Waals surface area (Å²) in [5, 5.41) is 6.71. The highest BCUT2D eigenvalue weighted by atomic mass is 19.1. The monoisotopic (exact) mass is 333 g/mol. The molecule has 2 amide bonds. The van der Waals surface area contributed by atoms with Crippen LogP contribution in [0.1, 0.15) is 23.1 Å². The van der Waals surface area contributed by atoms with E-state index in [1.807, 2.05) is 13.0 Å². The average Bonchev–Trinajstić information content (AvgIpc) is 3.01. The fraction of sp³-hybridized carbons (Fsp3) is 0.412. The van der Waals surface area contributed by atoms with E-state index < -0.39 is 0 Å². The van der Waals surface area contributed by atoms with Crippen molar-refractivity contribution < 1.29 is 18.4 Å². The van der Waals surface area contributed by atoms with Crippen LogP contribution in [0.15, 0.2) is 34.9 Å². The van der Waals surface area contributed by atoms with Crippen LogP contribution in [-0.2, 0) is 11.2 Å². The van der Waals surface area contributed by atoms with Crippen molar-refractivity contribution in [3.05, 3.63) is 53.2 Å². The van der Waals surface area contributed by atoms with Gasteiger partial charge in [-0.2, -0.15) is 0 Å². The molecular formula is C17H20FN3O3. The number of benzene rings is 1. The normalized spacial score (nSPS) is 17.8. The van der Waals surface area contributed by atoms with Crippen LogP contribution < -0.4 is 5.32 Å². The molecule has 0 radical (unpaired) electrons. The number of morpholine rings is 1. The lowest BCUT2D eigenvalue weighted by atomic mass is 10.1. The molecular weight excluding hydrogens is 313 g/mol. The van der Waals surface area contributed by atoms with Gasteiger partial charge in [-0.05, 0) is 24.6 Å². The first-order valence-corrected chi connectivity index (χ1v) is 7.93. The smallest absolute Gasteiger partial charge is 0.318 e. The molecule has 0 aliphatic carbocycles. The molecule has 0 bridgehead atoms. The number of carbonyl (C=O) groups is 1. The molecule has 1 fully saturated rings. The maximum absolute atomic E-state index is 13.1. The summed E-state index contributed by atoms with van der Waals surface area (Å²) in [4.78, 5) is 14.2. The molecule has 7 heteroatoms. The molecule has 6 nitrogen and oxygen atoms in total. The Kier molecular flexibility index (Phi) is 5.10. The van der Waals surface area contributed by atoms with Gasteiger partial charge in [0, 0.05) is 25.6 Å². The van der Waals surface area contributed by atoms with E-state index in [0.717, 1.165) is 17.0 Å². The van der Waals surface area contributed by atoms with E-state index in [0.29, 0.717) is 32.7 Å². The third kappa shape index (κ3) is 3.91. The van der Waals surface area contributed by atoms with Crippen molar-refractivity contribution in [3.8, 4) is 0 Å². The summed E-state index contributed by atoms with van der Waals surface area (Å²) in [6, 6.07) is 7.63. The zero-order valence-corrected chi connectivity index (χ0v) is 13.5. The minimum absolute atomic E-state index is 0.163. The Balaban J connectivity index is 1.59. The van der Waals surface area contributed by atoms with Crippen LogP contribution in [0.5, 0.6) is 0 Å².